The summed E-state index contributed by atoms with van der Waals surface area (Å²) in [5, 5.41) is 5.56. The number of benzene rings is 1. The quantitative estimate of drug-likeness (QED) is 0.643. The summed E-state index contributed by atoms with van der Waals surface area (Å²) in [5.41, 5.74) is 0.705. The number of thioether (sulfide) groups is 1. The Morgan fingerprint density at radius 1 is 1.26 bits per heavy atom. The van der Waals surface area contributed by atoms with Gasteiger partial charge in [-0.3, -0.25) is 9.59 Å². The van der Waals surface area contributed by atoms with Gasteiger partial charge in [-0.05, 0) is 77.4 Å². The summed E-state index contributed by atoms with van der Waals surface area (Å²) in [6.45, 7) is 0. The summed E-state index contributed by atoms with van der Waals surface area (Å²) < 4.78 is 6.15. The van der Waals surface area contributed by atoms with Crippen LogP contribution in [0.25, 0.3) is 0 Å². The molecule has 0 spiro atoms. The van der Waals surface area contributed by atoms with Crippen LogP contribution in [0, 0.1) is 3.57 Å². The molecule has 0 aliphatic rings. The third-order valence-electron chi connectivity index (χ3n) is 3.09. The van der Waals surface area contributed by atoms with Crippen LogP contribution < -0.4 is 10.6 Å². The molecule has 0 radical (unpaired) electrons. The molecule has 5 nitrogen and oxygen atoms in total. The SMILES string of the molecule is CSCCC(NC(=O)c1ccco1)C(=O)Nc1ccc(I)cc1. The topological polar surface area (TPSA) is 71.3 Å². The van der Waals surface area contributed by atoms with Crippen LogP contribution in [-0.2, 0) is 4.79 Å². The predicted octanol–water partition coefficient (Wildman–Crippen LogP) is 3.37. The maximum atomic E-state index is 12.4. The molecular weight excluding hydrogens is 427 g/mol. The van der Waals surface area contributed by atoms with Crippen molar-refractivity contribution in [3.63, 3.8) is 0 Å². The van der Waals surface area contributed by atoms with E-state index in [1.165, 1.54) is 6.26 Å². The number of anilines is 1. The van der Waals surface area contributed by atoms with Gasteiger partial charge < -0.3 is 15.1 Å². The Balaban J connectivity index is 2.02. The van der Waals surface area contributed by atoms with Crippen molar-refractivity contribution in [2.45, 2.75) is 12.5 Å². The Labute approximate surface area is 152 Å². The van der Waals surface area contributed by atoms with Gasteiger partial charge in [0.1, 0.15) is 6.04 Å². The lowest BCUT2D eigenvalue weighted by Crippen LogP contribution is -2.44. The van der Waals surface area contributed by atoms with Crippen molar-refractivity contribution in [2.75, 3.05) is 17.3 Å². The van der Waals surface area contributed by atoms with Crippen LogP contribution in [0.5, 0.6) is 0 Å². The molecule has 0 fully saturated rings. The van der Waals surface area contributed by atoms with E-state index in [1.54, 1.807) is 23.9 Å². The van der Waals surface area contributed by atoms with Gasteiger partial charge >= 0.3 is 0 Å². The Morgan fingerprint density at radius 2 is 2.00 bits per heavy atom. The highest BCUT2D eigenvalue weighted by Crippen LogP contribution is 2.13. The highest BCUT2D eigenvalue weighted by Gasteiger charge is 2.22. The molecule has 2 N–H and O–H groups in total. The zero-order chi connectivity index (χ0) is 16.7. The minimum absolute atomic E-state index is 0.196. The van der Waals surface area contributed by atoms with Crippen LogP contribution in [0.4, 0.5) is 5.69 Å². The van der Waals surface area contributed by atoms with Crippen LogP contribution in [0.2, 0.25) is 0 Å². The molecule has 7 heteroatoms. The first-order valence-electron chi connectivity index (χ1n) is 7.00. The van der Waals surface area contributed by atoms with Crippen molar-refractivity contribution < 1.29 is 14.0 Å². The summed E-state index contributed by atoms with van der Waals surface area (Å²) in [6.07, 6.45) is 3.93. The third-order valence-corrected chi connectivity index (χ3v) is 4.45. The second-order valence-electron chi connectivity index (χ2n) is 4.78. The van der Waals surface area contributed by atoms with Crippen molar-refractivity contribution in [3.8, 4) is 0 Å². The zero-order valence-corrected chi connectivity index (χ0v) is 15.5. The number of amides is 2. The number of nitrogens with one attached hydrogen (secondary N) is 2. The molecule has 1 heterocycles. The summed E-state index contributed by atoms with van der Waals surface area (Å²) in [5.74, 6) is 0.337. The van der Waals surface area contributed by atoms with Gasteiger partial charge in [-0.1, -0.05) is 0 Å². The average Bonchev–Trinajstić information content (AvgIpc) is 3.08. The monoisotopic (exact) mass is 444 g/mol. The van der Waals surface area contributed by atoms with E-state index in [9.17, 15) is 9.59 Å². The molecule has 1 atom stereocenters. The molecule has 0 saturated carbocycles. The second kappa shape index (κ2) is 8.97. The Bertz CT molecular complexity index is 644. The van der Waals surface area contributed by atoms with E-state index >= 15 is 0 Å². The summed E-state index contributed by atoms with van der Waals surface area (Å²) >= 11 is 3.83. The molecule has 23 heavy (non-hydrogen) atoms. The number of rotatable bonds is 7. The average molecular weight is 444 g/mol. The highest BCUT2D eigenvalue weighted by molar-refractivity contribution is 14.1. The van der Waals surface area contributed by atoms with Crippen LogP contribution in [0.1, 0.15) is 17.0 Å². The van der Waals surface area contributed by atoms with E-state index in [-0.39, 0.29) is 17.6 Å². The molecule has 0 aliphatic carbocycles. The summed E-state index contributed by atoms with van der Waals surface area (Å²) in [6, 6.07) is 10.1. The first-order chi connectivity index (χ1) is 11.1. The Hall–Kier alpha value is -1.48. The molecule has 1 unspecified atom stereocenters. The van der Waals surface area contributed by atoms with Gasteiger partial charge in [0.05, 0.1) is 6.26 Å². The fourth-order valence-electron chi connectivity index (χ4n) is 1.90. The maximum Gasteiger partial charge on any atom is 0.287 e. The first kappa shape index (κ1) is 17.9. The van der Waals surface area contributed by atoms with Gasteiger partial charge in [0.2, 0.25) is 5.91 Å². The number of hydrogen-bond donors (Lipinski definition) is 2. The molecule has 2 amide bonds. The first-order valence-corrected chi connectivity index (χ1v) is 9.47. The summed E-state index contributed by atoms with van der Waals surface area (Å²) in [7, 11) is 0. The molecule has 0 aliphatic heterocycles. The number of halogens is 1. The van der Waals surface area contributed by atoms with Gasteiger partial charge in [-0.2, -0.15) is 11.8 Å². The molecule has 0 bridgehead atoms. The molecule has 0 saturated heterocycles. The lowest BCUT2D eigenvalue weighted by molar-refractivity contribution is -0.118. The Morgan fingerprint density at radius 3 is 2.61 bits per heavy atom. The van der Waals surface area contributed by atoms with Crippen molar-refractivity contribution in [3.05, 3.63) is 52.0 Å². The van der Waals surface area contributed by atoms with Crippen molar-refractivity contribution in [1.82, 2.24) is 5.32 Å². The lowest BCUT2D eigenvalue weighted by Gasteiger charge is -2.17. The lowest BCUT2D eigenvalue weighted by atomic mass is 10.2. The number of carbonyl (C=O) groups is 2. The zero-order valence-electron chi connectivity index (χ0n) is 12.5. The third kappa shape index (κ3) is 5.58. The fraction of sp³-hybridized carbons (Fsp3) is 0.250. The standard InChI is InChI=1S/C16H17IN2O3S/c1-23-10-8-13(19-16(21)14-3-2-9-22-14)15(20)18-12-6-4-11(17)5-7-12/h2-7,9,13H,8,10H2,1H3,(H,18,20)(H,19,21). The normalized spacial score (nSPS) is 11.7. The largest absolute Gasteiger partial charge is 0.459 e. The van der Waals surface area contributed by atoms with Crippen molar-refractivity contribution in [1.29, 1.82) is 0 Å². The highest BCUT2D eigenvalue weighted by atomic mass is 127. The van der Waals surface area contributed by atoms with E-state index in [0.717, 1.165) is 9.32 Å². The smallest absolute Gasteiger partial charge is 0.287 e. The van der Waals surface area contributed by atoms with E-state index in [4.69, 9.17) is 4.42 Å². The fourth-order valence-corrected chi connectivity index (χ4v) is 2.74. The number of hydrogen-bond acceptors (Lipinski definition) is 4. The van der Waals surface area contributed by atoms with E-state index in [2.05, 4.69) is 33.2 Å². The van der Waals surface area contributed by atoms with Gasteiger partial charge in [0, 0.05) is 9.26 Å². The van der Waals surface area contributed by atoms with Crippen LogP contribution in [0.3, 0.4) is 0 Å². The Kier molecular flexibility index (Phi) is 6.97. The van der Waals surface area contributed by atoms with E-state index in [1.807, 2.05) is 30.5 Å². The van der Waals surface area contributed by atoms with Crippen LogP contribution >= 0.6 is 34.4 Å². The molecule has 1 aromatic carbocycles. The molecule has 122 valence electrons. The second-order valence-corrected chi connectivity index (χ2v) is 7.01. The molecular formula is C16H17IN2O3S. The van der Waals surface area contributed by atoms with Crippen LogP contribution in [-0.4, -0.2) is 29.9 Å². The number of furan rings is 1. The molecule has 1 aromatic heterocycles. The van der Waals surface area contributed by atoms with E-state index in [0.29, 0.717) is 12.1 Å². The van der Waals surface area contributed by atoms with Gasteiger partial charge in [-0.15, -0.1) is 0 Å². The van der Waals surface area contributed by atoms with Gasteiger partial charge in [0.25, 0.3) is 5.91 Å². The van der Waals surface area contributed by atoms with E-state index < -0.39 is 6.04 Å². The minimum Gasteiger partial charge on any atom is -0.459 e. The van der Waals surface area contributed by atoms with Crippen molar-refractivity contribution in [2.24, 2.45) is 0 Å². The molecule has 2 rings (SSSR count). The number of carbonyl (C=O) groups excluding carboxylic acids is 2. The van der Waals surface area contributed by atoms with Crippen molar-refractivity contribution >= 4 is 51.9 Å². The molecule has 2 aromatic rings. The maximum absolute atomic E-state index is 12.4. The minimum atomic E-state index is -0.612. The van der Waals surface area contributed by atoms with Gasteiger partial charge in [-0.25, -0.2) is 0 Å². The predicted molar refractivity (Wildman–Crippen MR) is 101 cm³/mol. The van der Waals surface area contributed by atoms with Crippen LogP contribution in [0.15, 0.2) is 47.1 Å². The van der Waals surface area contributed by atoms with Gasteiger partial charge in [0.15, 0.2) is 5.76 Å². The summed E-state index contributed by atoms with van der Waals surface area (Å²) in [4.78, 5) is 24.5.